The largest absolute Gasteiger partial charge is 0.491 e. The lowest BCUT2D eigenvalue weighted by Gasteiger charge is -2.36. The summed E-state index contributed by atoms with van der Waals surface area (Å²) in [4.78, 5) is 9.83. The van der Waals surface area contributed by atoms with E-state index in [9.17, 15) is 5.11 Å². The Morgan fingerprint density at radius 1 is 1.22 bits per heavy atom. The van der Waals surface area contributed by atoms with Crippen LogP contribution < -0.4 is 15.4 Å². The molecule has 1 atom stereocenters. The molecule has 1 saturated carbocycles. The first-order valence-corrected chi connectivity index (χ1v) is 13.1. The van der Waals surface area contributed by atoms with Crippen LogP contribution in [0, 0.1) is 26.7 Å². The fourth-order valence-corrected chi connectivity index (χ4v) is 4.76. The Morgan fingerprint density at radius 3 is 2.68 bits per heavy atom. The van der Waals surface area contributed by atoms with Gasteiger partial charge in [-0.1, -0.05) is 16.8 Å². The van der Waals surface area contributed by atoms with Crippen LogP contribution in [0.3, 0.4) is 0 Å². The molecule has 1 fully saturated rings. The summed E-state index contributed by atoms with van der Waals surface area (Å²) in [6, 6.07) is 5.64. The van der Waals surface area contributed by atoms with Crippen molar-refractivity contribution in [2.75, 3.05) is 38.7 Å². The molecule has 37 heavy (non-hydrogen) atoms. The standard InChI is InChI=1S/C27H36ClN5O4/c1-6-35-13-18-9-19(10-18)30-26-15(2)25(24-16(3)33-37-17(24)4)31-27(32-26)22-11-21(7-8-23(22)28)36-14-20(34)12-29-5/h7-8,11,18-20,29,34H,6,9-10,12-14H2,1-5H3,(H,30,31,32)/t18?,19?,20-/m1/s1. The molecule has 4 rings (SSSR count). The van der Waals surface area contributed by atoms with Crippen molar-refractivity contribution in [1.82, 2.24) is 20.4 Å². The van der Waals surface area contributed by atoms with Crippen molar-refractivity contribution >= 4 is 17.4 Å². The number of nitrogens with one attached hydrogen (secondary N) is 2. The molecule has 0 aliphatic heterocycles. The highest BCUT2D eigenvalue weighted by Crippen LogP contribution is 2.38. The van der Waals surface area contributed by atoms with Crippen LogP contribution in [-0.4, -0.2) is 65.8 Å². The van der Waals surface area contributed by atoms with Crippen LogP contribution >= 0.6 is 11.6 Å². The van der Waals surface area contributed by atoms with Crippen LogP contribution in [-0.2, 0) is 4.74 Å². The highest BCUT2D eigenvalue weighted by atomic mass is 35.5. The van der Waals surface area contributed by atoms with Gasteiger partial charge in [0.1, 0.15) is 30.0 Å². The Bertz CT molecular complexity index is 1190. The number of halogens is 1. The minimum Gasteiger partial charge on any atom is -0.491 e. The van der Waals surface area contributed by atoms with E-state index in [1.165, 1.54) is 0 Å². The number of aliphatic hydroxyl groups excluding tert-OH is 1. The maximum Gasteiger partial charge on any atom is 0.163 e. The SMILES string of the molecule is CCOCC1CC(Nc2nc(-c3cc(OC[C@H](O)CNC)ccc3Cl)nc(-c3c(C)noc3C)c2C)C1. The molecular weight excluding hydrogens is 494 g/mol. The Kier molecular flexibility index (Phi) is 9.02. The predicted molar refractivity (Wildman–Crippen MR) is 144 cm³/mol. The van der Waals surface area contributed by atoms with Gasteiger partial charge in [0.25, 0.3) is 0 Å². The predicted octanol–water partition coefficient (Wildman–Crippen LogP) is 4.56. The number of anilines is 1. The second kappa shape index (κ2) is 12.2. The summed E-state index contributed by atoms with van der Waals surface area (Å²) in [7, 11) is 1.78. The molecule has 1 aromatic carbocycles. The third kappa shape index (κ3) is 6.41. The van der Waals surface area contributed by atoms with Gasteiger partial charge < -0.3 is 29.7 Å². The van der Waals surface area contributed by atoms with Crippen LogP contribution in [0.1, 0.15) is 36.8 Å². The molecule has 0 spiro atoms. The molecule has 1 aliphatic rings. The number of benzene rings is 1. The number of hydrogen-bond donors (Lipinski definition) is 3. The fourth-order valence-electron chi connectivity index (χ4n) is 4.56. The van der Waals surface area contributed by atoms with E-state index < -0.39 is 6.10 Å². The monoisotopic (exact) mass is 529 g/mol. The molecule has 200 valence electrons. The highest BCUT2D eigenvalue weighted by Gasteiger charge is 2.30. The molecule has 1 aliphatic carbocycles. The molecule has 2 heterocycles. The van der Waals surface area contributed by atoms with Gasteiger partial charge in [0.2, 0.25) is 0 Å². The molecular formula is C27H36ClN5O4. The van der Waals surface area contributed by atoms with E-state index in [1.54, 1.807) is 25.2 Å². The first-order valence-electron chi connectivity index (χ1n) is 12.7. The first kappa shape index (κ1) is 27.3. The summed E-state index contributed by atoms with van der Waals surface area (Å²) in [5.41, 5.74) is 3.93. The van der Waals surface area contributed by atoms with E-state index in [1.807, 2.05) is 27.7 Å². The third-order valence-corrected chi connectivity index (χ3v) is 6.94. The molecule has 0 saturated heterocycles. The molecule has 0 bridgehead atoms. The summed E-state index contributed by atoms with van der Waals surface area (Å²) in [5, 5.41) is 21.2. The number of nitrogens with zero attached hydrogens (tertiary/aromatic N) is 3. The molecule has 10 heteroatoms. The van der Waals surface area contributed by atoms with Crippen molar-refractivity contribution in [3.8, 4) is 28.4 Å². The zero-order valence-corrected chi connectivity index (χ0v) is 22.9. The Balaban J connectivity index is 1.68. The van der Waals surface area contributed by atoms with E-state index in [0.717, 1.165) is 54.4 Å². The number of aromatic nitrogens is 3. The zero-order valence-electron chi connectivity index (χ0n) is 22.1. The fraction of sp³-hybridized carbons (Fsp3) is 0.519. The number of aliphatic hydroxyl groups is 1. The number of aryl methyl sites for hydroxylation is 2. The number of hydrogen-bond acceptors (Lipinski definition) is 9. The zero-order chi connectivity index (χ0) is 26.5. The average Bonchev–Trinajstić information content (AvgIpc) is 3.18. The van der Waals surface area contributed by atoms with Crippen molar-refractivity contribution in [2.45, 2.75) is 52.7 Å². The first-order chi connectivity index (χ1) is 17.8. The second-order valence-electron chi connectivity index (χ2n) is 9.57. The van der Waals surface area contributed by atoms with E-state index >= 15 is 0 Å². The van der Waals surface area contributed by atoms with E-state index in [4.69, 9.17) is 35.6 Å². The third-order valence-electron chi connectivity index (χ3n) is 6.61. The molecule has 0 unspecified atom stereocenters. The van der Waals surface area contributed by atoms with Gasteiger partial charge in [-0.15, -0.1) is 0 Å². The van der Waals surface area contributed by atoms with Gasteiger partial charge in [-0.2, -0.15) is 0 Å². The smallest absolute Gasteiger partial charge is 0.163 e. The molecule has 3 aromatic rings. The van der Waals surface area contributed by atoms with Crippen molar-refractivity contribution in [1.29, 1.82) is 0 Å². The van der Waals surface area contributed by atoms with Crippen molar-refractivity contribution in [3.05, 3.63) is 40.2 Å². The molecule has 2 aromatic heterocycles. The average molecular weight is 530 g/mol. The van der Waals surface area contributed by atoms with Crippen LogP contribution in [0.5, 0.6) is 5.75 Å². The lowest BCUT2D eigenvalue weighted by atomic mass is 9.81. The van der Waals surface area contributed by atoms with Crippen LogP contribution in [0.25, 0.3) is 22.6 Å². The van der Waals surface area contributed by atoms with Crippen molar-refractivity contribution in [2.24, 2.45) is 5.92 Å². The van der Waals surface area contributed by atoms with Gasteiger partial charge in [0, 0.05) is 36.9 Å². The Morgan fingerprint density at radius 2 is 2.00 bits per heavy atom. The lowest BCUT2D eigenvalue weighted by Crippen LogP contribution is -2.38. The Labute approximate surface area is 222 Å². The number of rotatable bonds is 12. The summed E-state index contributed by atoms with van der Waals surface area (Å²) in [6.45, 7) is 9.93. The van der Waals surface area contributed by atoms with Crippen LogP contribution in [0.2, 0.25) is 5.02 Å². The van der Waals surface area contributed by atoms with Crippen molar-refractivity contribution in [3.63, 3.8) is 0 Å². The van der Waals surface area contributed by atoms with Gasteiger partial charge in [-0.3, -0.25) is 0 Å². The normalized spacial score (nSPS) is 17.9. The van der Waals surface area contributed by atoms with Crippen LogP contribution in [0.4, 0.5) is 5.82 Å². The summed E-state index contributed by atoms with van der Waals surface area (Å²) in [6.07, 6.45) is 1.42. The van der Waals surface area contributed by atoms with Gasteiger partial charge in [-0.05, 0) is 71.7 Å². The topological polar surface area (TPSA) is 115 Å². The van der Waals surface area contributed by atoms with Crippen molar-refractivity contribution < 1.29 is 19.1 Å². The van der Waals surface area contributed by atoms with Gasteiger partial charge in [0.05, 0.1) is 22.0 Å². The van der Waals surface area contributed by atoms with E-state index in [2.05, 4.69) is 15.8 Å². The van der Waals surface area contributed by atoms with E-state index in [0.29, 0.717) is 46.4 Å². The van der Waals surface area contributed by atoms with Gasteiger partial charge >= 0.3 is 0 Å². The number of ether oxygens (including phenoxy) is 2. The summed E-state index contributed by atoms with van der Waals surface area (Å²) < 4.78 is 16.9. The summed E-state index contributed by atoms with van der Waals surface area (Å²) >= 11 is 6.63. The van der Waals surface area contributed by atoms with Crippen LogP contribution in [0.15, 0.2) is 22.7 Å². The maximum atomic E-state index is 10.0. The minimum absolute atomic E-state index is 0.151. The minimum atomic E-state index is -0.629. The molecule has 0 amide bonds. The highest BCUT2D eigenvalue weighted by molar-refractivity contribution is 6.33. The molecule has 0 radical (unpaired) electrons. The number of likely N-dealkylation sites (N-methyl/N-ethyl adjacent to an activating group) is 1. The quantitative estimate of drug-likeness (QED) is 0.310. The second-order valence-corrected chi connectivity index (χ2v) is 9.98. The molecule has 3 N–H and O–H groups in total. The maximum absolute atomic E-state index is 10.0. The lowest BCUT2D eigenvalue weighted by molar-refractivity contribution is 0.0733. The van der Waals surface area contributed by atoms with Gasteiger partial charge in [-0.25, -0.2) is 9.97 Å². The van der Waals surface area contributed by atoms with E-state index in [-0.39, 0.29) is 6.61 Å². The Hall–Kier alpha value is -2.72. The summed E-state index contributed by atoms with van der Waals surface area (Å²) in [5.74, 6) is 3.05. The molecule has 9 nitrogen and oxygen atoms in total. The van der Waals surface area contributed by atoms with Gasteiger partial charge in [0.15, 0.2) is 5.82 Å².